The lowest BCUT2D eigenvalue weighted by Crippen LogP contribution is -1.95. The van der Waals surface area contributed by atoms with Crippen LogP contribution in [0.25, 0.3) is 16.6 Å². The van der Waals surface area contributed by atoms with Crippen LogP contribution in [0.3, 0.4) is 0 Å². The minimum atomic E-state index is 0.897. The molecule has 0 saturated heterocycles. The molecule has 3 rings (SSSR count). The van der Waals surface area contributed by atoms with Gasteiger partial charge >= 0.3 is 0 Å². The van der Waals surface area contributed by atoms with Gasteiger partial charge in [0.2, 0.25) is 0 Å². The van der Waals surface area contributed by atoms with Crippen molar-refractivity contribution in [2.45, 2.75) is 13.8 Å². The van der Waals surface area contributed by atoms with Crippen LogP contribution in [0, 0.1) is 13.8 Å². The summed E-state index contributed by atoms with van der Waals surface area (Å²) in [6, 6.07) is 17.0. The van der Waals surface area contributed by atoms with E-state index in [4.69, 9.17) is 4.74 Å². The maximum absolute atomic E-state index is 5.28. The zero-order valence-corrected chi connectivity index (χ0v) is 11.5. The van der Waals surface area contributed by atoms with Crippen molar-refractivity contribution in [2.24, 2.45) is 0 Å². The average Bonchev–Trinajstić information content (AvgIpc) is 2.74. The van der Waals surface area contributed by atoms with Crippen molar-refractivity contribution < 1.29 is 4.74 Å². The predicted molar refractivity (Wildman–Crippen MR) is 79.3 cm³/mol. The molecule has 0 saturated carbocycles. The van der Waals surface area contributed by atoms with Gasteiger partial charge in [-0.3, -0.25) is 0 Å². The molecule has 0 unspecified atom stereocenters. The molecular weight excluding hydrogens is 234 g/mol. The zero-order valence-electron chi connectivity index (χ0n) is 11.5. The second-order valence-corrected chi connectivity index (χ2v) is 4.88. The molecule has 0 fully saturated rings. The highest BCUT2D eigenvalue weighted by molar-refractivity contribution is 5.84. The number of rotatable bonds is 2. The molecule has 2 nitrogen and oxygen atoms in total. The van der Waals surface area contributed by atoms with E-state index in [9.17, 15) is 0 Å². The van der Waals surface area contributed by atoms with Gasteiger partial charge in [0.25, 0.3) is 0 Å². The largest absolute Gasteiger partial charge is 0.497 e. The third kappa shape index (κ3) is 1.99. The summed E-state index contributed by atoms with van der Waals surface area (Å²) in [5, 5.41) is 1.21. The van der Waals surface area contributed by atoms with E-state index in [1.54, 1.807) is 7.11 Å². The Balaban J connectivity index is 2.23. The van der Waals surface area contributed by atoms with E-state index in [0.29, 0.717) is 0 Å². The van der Waals surface area contributed by atoms with E-state index in [2.05, 4.69) is 60.9 Å². The Hall–Kier alpha value is -2.22. The van der Waals surface area contributed by atoms with Crippen LogP contribution in [0.4, 0.5) is 0 Å². The van der Waals surface area contributed by atoms with Gasteiger partial charge in [0, 0.05) is 16.8 Å². The maximum atomic E-state index is 5.28. The third-order valence-corrected chi connectivity index (χ3v) is 3.48. The monoisotopic (exact) mass is 251 g/mol. The number of nitrogens with zero attached hydrogens (tertiary/aromatic N) is 1. The van der Waals surface area contributed by atoms with Gasteiger partial charge in [-0.05, 0) is 50.2 Å². The molecule has 0 spiro atoms. The van der Waals surface area contributed by atoms with Crippen LogP contribution in [-0.4, -0.2) is 11.7 Å². The van der Waals surface area contributed by atoms with E-state index < -0.39 is 0 Å². The van der Waals surface area contributed by atoms with Crippen molar-refractivity contribution in [2.75, 3.05) is 7.11 Å². The van der Waals surface area contributed by atoms with Gasteiger partial charge in [-0.25, -0.2) is 0 Å². The molecule has 96 valence electrons. The van der Waals surface area contributed by atoms with E-state index >= 15 is 0 Å². The molecule has 19 heavy (non-hydrogen) atoms. The molecule has 1 aromatic heterocycles. The fourth-order valence-electron chi connectivity index (χ4n) is 2.49. The highest BCUT2D eigenvalue weighted by atomic mass is 16.5. The van der Waals surface area contributed by atoms with Gasteiger partial charge in [-0.2, -0.15) is 0 Å². The first-order chi connectivity index (χ1) is 9.19. The summed E-state index contributed by atoms with van der Waals surface area (Å²) in [7, 11) is 1.70. The van der Waals surface area contributed by atoms with Crippen LogP contribution in [0.1, 0.15) is 11.3 Å². The quantitative estimate of drug-likeness (QED) is 0.664. The molecule has 0 bridgehead atoms. The van der Waals surface area contributed by atoms with Crippen LogP contribution in [0.2, 0.25) is 0 Å². The van der Waals surface area contributed by atoms with Gasteiger partial charge in [0.1, 0.15) is 5.75 Å². The molecule has 0 aliphatic rings. The summed E-state index contributed by atoms with van der Waals surface area (Å²) < 4.78 is 7.56. The zero-order chi connectivity index (χ0) is 13.4. The average molecular weight is 251 g/mol. The second kappa shape index (κ2) is 4.47. The molecule has 0 aliphatic heterocycles. The number of hydrogen-bond donors (Lipinski definition) is 0. The Morgan fingerprint density at radius 3 is 2.32 bits per heavy atom. The Morgan fingerprint density at radius 2 is 1.63 bits per heavy atom. The summed E-state index contributed by atoms with van der Waals surface area (Å²) in [5.41, 5.74) is 4.91. The van der Waals surface area contributed by atoms with Gasteiger partial charge in [0.05, 0.1) is 12.6 Å². The molecule has 2 aromatic carbocycles. The summed E-state index contributed by atoms with van der Waals surface area (Å²) in [6.45, 7) is 4.24. The second-order valence-electron chi connectivity index (χ2n) is 4.88. The topological polar surface area (TPSA) is 14.2 Å². The molecular formula is C17H17NO. The summed E-state index contributed by atoms with van der Waals surface area (Å²) in [5.74, 6) is 0.897. The molecule has 2 heteroatoms. The lowest BCUT2D eigenvalue weighted by Gasteiger charge is -2.09. The van der Waals surface area contributed by atoms with Gasteiger partial charge in [-0.1, -0.05) is 17.7 Å². The van der Waals surface area contributed by atoms with Gasteiger partial charge in [-0.15, -0.1) is 0 Å². The molecule has 3 aromatic rings. The minimum Gasteiger partial charge on any atom is -0.497 e. The number of aromatic nitrogens is 1. The van der Waals surface area contributed by atoms with Crippen molar-refractivity contribution in [1.29, 1.82) is 0 Å². The Bertz CT molecular complexity index is 723. The maximum Gasteiger partial charge on any atom is 0.119 e. The van der Waals surface area contributed by atoms with E-state index in [-0.39, 0.29) is 0 Å². The summed E-state index contributed by atoms with van der Waals surface area (Å²) in [6.07, 6.45) is 0. The molecule has 0 atom stereocenters. The number of fused-ring (bicyclic) bond motifs is 1. The van der Waals surface area contributed by atoms with Gasteiger partial charge in [0.15, 0.2) is 0 Å². The Morgan fingerprint density at radius 1 is 0.895 bits per heavy atom. The lowest BCUT2D eigenvalue weighted by molar-refractivity contribution is 0.415. The standard InChI is InChI=1S/C17H17NO/c1-12-4-6-15(7-5-12)18-13(2)10-14-11-16(19-3)8-9-17(14)18/h4-11H,1-3H3. The summed E-state index contributed by atoms with van der Waals surface area (Å²) >= 11 is 0. The molecule has 1 heterocycles. The number of hydrogen-bond acceptors (Lipinski definition) is 1. The van der Waals surface area contributed by atoms with Crippen molar-refractivity contribution in [3.63, 3.8) is 0 Å². The molecule has 0 amide bonds. The van der Waals surface area contributed by atoms with E-state index in [1.807, 2.05) is 6.07 Å². The van der Waals surface area contributed by atoms with Crippen LogP contribution in [0.5, 0.6) is 5.75 Å². The minimum absolute atomic E-state index is 0.897. The smallest absolute Gasteiger partial charge is 0.119 e. The molecule has 0 aliphatic carbocycles. The Labute approximate surface area is 113 Å². The predicted octanol–water partition coefficient (Wildman–Crippen LogP) is 4.26. The first-order valence-corrected chi connectivity index (χ1v) is 6.42. The van der Waals surface area contributed by atoms with Crippen molar-refractivity contribution in [1.82, 2.24) is 4.57 Å². The van der Waals surface area contributed by atoms with Crippen molar-refractivity contribution >= 4 is 10.9 Å². The van der Waals surface area contributed by atoms with Crippen LogP contribution < -0.4 is 4.74 Å². The van der Waals surface area contributed by atoms with Crippen molar-refractivity contribution in [3.05, 3.63) is 59.8 Å². The highest BCUT2D eigenvalue weighted by Crippen LogP contribution is 2.27. The van der Waals surface area contributed by atoms with E-state index in [0.717, 1.165) is 5.75 Å². The summed E-state index contributed by atoms with van der Waals surface area (Å²) in [4.78, 5) is 0. The Kier molecular flexibility index (Phi) is 2.79. The van der Waals surface area contributed by atoms with Crippen LogP contribution >= 0.6 is 0 Å². The van der Waals surface area contributed by atoms with Gasteiger partial charge < -0.3 is 9.30 Å². The van der Waals surface area contributed by atoms with Crippen molar-refractivity contribution in [3.8, 4) is 11.4 Å². The SMILES string of the molecule is COc1ccc2c(c1)cc(C)n2-c1ccc(C)cc1. The highest BCUT2D eigenvalue weighted by Gasteiger charge is 2.08. The van der Waals surface area contributed by atoms with Crippen LogP contribution in [-0.2, 0) is 0 Å². The number of benzene rings is 2. The lowest BCUT2D eigenvalue weighted by atomic mass is 10.2. The normalized spacial score (nSPS) is 10.9. The fraction of sp³-hybridized carbons (Fsp3) is 0.176. The fourth-order valence-corrected chi connectivity index (χ4v) is 2.49. The molecule has 0 N–H and O–H groups in total. The van der Waals surface area contributed by atoms with E-state index in [1.165, 1.54) is 27.8 Å². The number of methoxy groups -OCH3 is 1. The molecule has 0 radical (unpaired) electrons. The van der Waals surface area contributed by atoms with Crippen LogP contribution in [0.15, 0.2) is 48.5 Å². The first kappa shape index (κ1) is 11.8. The third-order valence-electron chi connectivity index (χ3n) is 3.48. The number of aryl methyl sites for hydroxylation is 2. The number of ether oxygens (including phenoxy) is 1. The first-order valence-electron chi connectivity index (χ1n) is 6.42.